The highest BCUT2D eigenvalue weighted by Crippen LogP contribution is 2.23. The highest BCUT2D eigenvalue weighted by atomic mass is 35.5. The van der Waals surface area contributed by atoms with Gasteiger partial charge in [-0.2, -0.15) is 4.98 Å². The summed E-state index contributed by atoms with van der Waals surface area (Å²) in [6.45, 7) is 0.232. The lowest BCUT2D eigenvalue weighted by molar-refractivity contribution is 0.177. The van der Waals surface area contributed by atoms with Gasteiger partial charge >= 0.3 is 6.03 Å². The van der Waals surface area contributed by atoms with Crippen LogP contribution in [0.3, 0.4) is 0 Å². The molecule has 140 valence electrons. The molecule has 0 unspecified atom stereocenters. The molecule has 12 heteroatoms. The van der Waals surface area contributed by atoms with Gasteiger partial charge in [0, 0.05) is 7.11 Å². The van der Waals surface area contributed by atoms with E-state index in [1.54, 1.807) is 6.07 Å². The number of nitrogens with one attached hydrogen (secondary N) is 2. The molecule has 2 amide bonds. The first kappa shape index (κ1) is 19.8. The van der Waals surface area contributed by atoms with Crippen molar-refractivity contribution in [2.45, 2.75) is 11.5 Å². The first-order chi connectivity index (χ1) is 12.5. The fraction of sp³-hybridized carbons (Fsp3) is 0.286. The molecule has 26 heavy (non-hydrogen) atoms. The lowest BCUT2D eigenvalue weighted by atomic mass is 10.3. The summed E-state index contributed by atoms with van der Waals surface area (Å²) in [4.78, 5) is 23.3. The predicted octanol–water partition coefficient (Wildman–Crippen LogP) is 1.15. The second-order valence-electron chi connectivity index (χ2n) is 4.70. The molecule has 0 aliphatic heterocycles. The molecule has 0 spiro atoms. The summed E-state index contributed by atoms with van der Waals surface area (Å²) in [5, 5.41) is 2.22. The minimum Gasteiger partial charge on any atom is -0.491 e. The molecular formula is C14H16ClN5O5S. The van der Waals surface area contributed by atoms with E-state index in [9.17, 15) is 13.2 Å². The Morgan fingerprint density at radius 3 is 2.77 bits per heavy atom. The summed E-state index contributed by atoms with van der Waals surface area (Å²) in [6, 6.07) is 4.83. The highest BCUT2D eigenvalue weighted by molar-refractivity contribution is 7.90. The first-order valence-electron chi connectivity index (χ1n) is 7.24. The number of hydrogen-bond donors (Lipinski definition) is 2. The molecule has 2 N–H and O–H groups in total. The number of urea groups is 1. The predicted molar refractivity (Wildman–Crippen MR) is 92.5 cm³/mol. The number of nitrogens with zero attached hydrogens (tertiary/aromatic N) is 3. The number of alkyl halides is 1. The van der Waals surface area contributed by atoms with E-state index in [1.165, 1.54) is 31.6 Å². The average Bonchev–Trinajstić information content (AvgIpc) is 2.60. The topological polar surface area (TPSA) is 132 Å². The fourth-order valence-electron chi connectivity index (χ4n) is 1.83. The molecule has 0 radical (unpaired) electrons. The third-order valence-corrected chi connectivity index (χ3v) is 4.35. The molecule has 0 aliphatic carbocycles. The van der Waals surface area contributed by atoms with Gasteiger partial charge in [0.15, 0.2) is 5.82 Å². The molecule has 1 heterocycles. The van der Waals surface area contributed by atoms with Crippen LogP contribution in [0.1, 0.15) is 5.82 Å². The van der Waals surface area contributed by atoms with Gasteiger partial charge in [0.05, 0.1) is 5.88 Å². The van der Waals surface area contributed by atoms with Gasteiger partial charge in [-0.05, 0) is 12.1 Å². The van der Waals surface area contributed by atoms with Gasteiger partial charge in [-0.3, -0.25) is 5.32 Å². The Bertz CT molecular complexity index is 864. The second kappa shape index (κ2) is 9.27. The van der Waals surface area contributed by atoms with Crippen LogP contribution in [0, 0.1) is 0 Å². The zero-order valence-corrected chi connectivity index (χ0v) is 15.2. The summed E-state index contributed by atoms with van der Waals surface area (Å²) < 4.78 is 36.9. The van der Waals surface area contributed by atoms with E-state index in [0.717, 1.165) is 0 Å². The zero-order chi connectivity index (χ0) is 19.0. The summed E-state index contributed by atoms with van der Waals surface area (Å²) in [5.41, 5.74) is 0. The number of carbonyl (C=O) groups is 1. The molecule has 1 aromatic heterocycles. The lowest BCUT2D eigenvalue weighted by Gasteiger charge is -2.12. The summed E-state index contributed by atoms with van der Waals surface area (Å²) in [6.07, 6.45) is 1.17. The third-order valence-electron chi connectivity index (χ3n) is 2.82. The first-order valence-corrected chi connectivity index (χ1v) is 9.26. The van der Waals surface area contributed by atoms with Crippen molar-refractivity contribution < 1.29 is 22.7 Å². The lowest BCUT2D eigenvalue weighted by Crippen LogP contribution is -2.35. The summed E-state index contributed by atoms with van der Waals surface area (Å²) in [5.74, 6) is 0.425. The van der Waals surface area contributed by atoms with Crippen LogP contribution in [0.15, 0.2) is 35.5 Å². The number of amides is 2. The van der Waals surface area contributed by atoms with Gasteiger partial charge in [0.1, 0.15) is 30.2 Å². The Morgan fingerprint density at radius 2 is 2.04 bits per heavy atom. The minimum atomic E-state index is -4.19. The monoisotopic (exact) mass is 401 g/mol. The van der Waals surface area contributed by atoms with E-state index in [4.69, 9.17) is 21.1 Å². The summed E-state index contributed by atoms with van der Waals surface area (Å²) >= 11 is 5.55. The Labute approximate surface area is 155 Å². The van der Waals surface area contributed by atoms with Crippen LogP contribution in [0.5, 0.6) is 5.75 Å². The van der Waals surface area contributed by atoms with Crippen molar-refractivity contribution in [1.29, 1.82) is 0 Å². The van der Waals surface area contributed by atoms with E-state index in [-0.39, 0.29) is 41.5 Å². The van der Waals surface area contributed by atoms with Crippen molar-refractivity contribution in [3.63, 3.8) is 0 Å². The average molecular weight is 402 g/mol. The van der Waals surface area contributed by atoms with Crippen molar-refractivity contribution in [3.8, 4) is 5.75 Å². The Hall–Kier alpha value is -2.50. The smallest absolute Gasteiger partial charge is 0.335 e. The van der Waals surface area contributed by atoms with Crippen LogP contribution in [0.25, 0.3) is 0 Å². The van der Waals surface area contributed by atoms with E-state index < -0.39 is 16.1 Å². The van der Waals surface area contributed by atoms with Gasteiger partial charge in [0.25, 0.3) is 10.0 Å². The molecule has 2 rings (SSSR count). The third kappa shape index (κ3) is 5.51. The maximum absolute atomic E-state index is 12.4. The number of ether oxygens (including phenoxy) is 2. The number of sulfonamides is 1. The Kier molecular flexibility index (Phi) is 7.06. The number of carbonyl (C=O) groups excluding carboxylic acids is 1. The normalized spacial score (nSPS) is 11.0. The number of rotatable bonds is 8. The number of halogens is 1. The minimum absolute atomic E-state index is 0.0796. The molecule has 0 fully saturated rings. The summed E-state index contributed by atoms with van der Waals surface area (Å²) in [7, 11) is -2.73. The zero-order valence-electron chi connectivity index (χ0n) is 13.7. The van der Waals surface area contributed by atoms with E-state index in [1.807, 2.05) is 4.72 Å². The van der Waals surface area contributed by atoms with Crippen molar-refractivity contribution in [2.24, 2.45) is 0 Å². The van der Waals surface area contributed by atoms with Gasteiger partial charge in [-0.15, -0.1) is 11.6 Å². The van der Waals surface area contributed by atoms with Crippen LogP contribution in [-0.2, 0) is 21.4 Å². The van der Waals surface area contributed by atoms with Crippen molar-refractivity contribution in [3.05, 3.63) is 36.4 Å². The molecule has 0 saturated carbocycles. The van der Waals surface area contributed by atoms with E-state index in [0.29, 0.717) is 0 Å². The highest BCUT2D eigenvalue weighted by Gasteiger charge is 2.22. The largest absolute Gasteiger partial charge is 0.491 e. The molecule has 0 aliphatic rings. The van der Waals surface area contributed by atoms with Gasteiger partial charge < -0.3 is 9.47 Å². The van der Waals surface area contributed by atoms with E-state index in [2.05, 4.69) is 20.3 Å². The molecular weight excluding hydrogens is 386 g/mol. The van der Waals surface area contributed by atoms with E-state index >= 15 is 0 Å². The number of para-hydroxylation sites is 1. The Morgan fingerprint density at radius 1 is 1.27 bits per heavy atom. The fourth-order valence-corrected chi connectivity index (χ4v) is 2.96. The van der Waals surface area contributed by atoms with Crippen LogP contribution in [-0.4, -0.2) is 49.0 Å². The molecule has 0 saturated heterocycles. The van der Waals surface area contributed by atoms with Gasteiger partial charge in [-0.1, -0.05) is 12.1 Å². The SMILES string of the molecule is COCc1ncnc(NC(=O)NS(=O)(=O)c2ccccc2OCCCl)n1. The standard InChI is InChI=1S/C14H16ClN5O5S/c1-24-8-12-16-9-17-13(18-12)19-14(21)20-26(22,23)11-5-3-2-4-10(11)25-7-6-15/h2-5,9H,6-8H2,1H3,(H2,16,17,18,19,20,21). The van der Waals surface area contributed by atoms with Crippen molar-refractivity contribution >= 4 is 33.6 Å². The quantitative estimate of drug-likeness (QED) is 0.629. The van der Waals surface area contributed by atoms with Crippen LogP contribution >= 0.6 is 11.6 Å². The molecule has 1 aromatic carbocycles. The van der Waals surface area contributed by atoms with Crippen LogP contribution in [0.4, 0.5) is 10.7 Å². The van der Waals surface area contributed by atoms with Crippen molar-refractivity contribution in [1.82, 2.24) is 19.7 Å². The molecule has 0 atom stereocenters. The maximum Gasteiger partial charge on any atom is 0.335 e. The van der Waals surface area contributed by atoms with Crippen molar-refractivity contribution in [2.75, 3.05) is 24.9 Å². The molecule has 0 bridgehead atoms. The maximum atomic E-state index is 12.4. The van der Waals surface area contributed by atoms with Crippen LogP contribution < -0.4 is 14.8 Å². The number of methoxy groups -OCH3 is 1. The van der Waals surface area contributed by atoms with Crippen LogP contribution in [0.2, 0.25) is 0 Å². The number of benzene rings is 1. The number of anilines is 1. The number of hydrogen-bond acceptors (Lipinski definition) is 8. The number of aromatic nitrogens is 3. The Balaban J connectivity index is 2.12. The molecule has 10 nitrogen and oxygen atoms in total. The molecule has 2 aromatic rings. The second-order valence-corrected chi connectivity index (χ2v) is 6.73. The van der Waals surface area contributed by atoms with Gasteiger partial charge in [0.2, 0.25) is 5.95 Å². The van der Waals surface area contributed by atoms with Gasteiger partial charge in [-0.25, -0.2) is 27.9 Å².